The SMILES string of the molecule is COCSc1nnnn1CCO. The van der Waals surface area contributed by atoms with Crippen LogP contribution in [0.3, 0.4) is 0 Å². The summed E-state index contributed by atoms with van der Waals surface area (Å²) in [5.74, 6) is 0.506. The Bertz CT molecular complexity index is 229. The van der Waals surface area contributed by atoms with Gasteiger partial charge in [0, 0.05) is 7.11 Å². The molecule has 0 atom stereocenters. The van der Waals surface area contributed by atoms with E-state index in [1.165, 1.54) is 16.4 Å². The Morgan fingerprint density at radius 3 is 3.17 bits per heavy atom. The molecule has 68 valence electrons. The number of hydrogen-bond donors (Lipinski definition) is 1. The average Bonchev–Trinajstić information content (AvgIpc) is 2.50. The number of aliphatic hydroxyl groups excluding tert-OH is 1. The van der Waals surface area contributed by atoms with Gasteiger partial charge in [-0.25, -0.2) is 4.68 Å². The van der Waals surface area contributed by atoms with Crippen molar-refractivity contribution in [1.29, 1.82) is 0 Å². The minimum Gasteiger partial charge on any atom is -0.394 e. The molecular formula is C5H10N4O2S. The predicted octanol–water partition coefficient (Wildman–Crippen LogP) is -0.639. The van der Waals surface area contributed by atoms with Crippen molar-refractivity contribution in [1.82, 2.24) is 20.2 Å². The summed E-state index contributed by atoms with van der Waals surface area (Å²) in [6.07, 6.45) is 0. The Labute approximate surface area is 73.9 Å². The summed E-state index contributed by atoms with van der Waals surface area (Å²) in [7, 11) is 1.60. The fourth-order valence-corrected chi connectivity index (χ4v) is 1.24. The quantitative estimate of drug-likeness (QED) is 0.492. The molecule has 0 aliphatic heterocycles. The number of aliphatic hydroxyl groups is 1. The summed E-state index contributed by atoms with van der Waals surface area (Å²) < 4.78 is 6.37. The maximum absolute atomic E-state index is 8.63. The van der Waals surface area contributed by atoms with Gasteiger partial charge >= 0.3 is 0 Å². The highest BCUT2D eigenvalue weighted by Gasteiger charge is 2.04. The van der Waals surface area contributed by atoms with Crippen LogP contribution in [0.1, 0.15) is 0 Å². The molecule has 1 rings (SSSR count). The second-order valence-corrected chi connectivity index (χ2v) is 2.85. The van der Waals surface area contributed by atoms with E-state index in [1.807, 2.05) is 0 Å². The molecule has 0 radical (unpaired) electrons. The molecule has 7 heteroatoms. The summed E-state index contributed by atoms with van der Waals surface area (Å²) in [5.41, 5.74) is 0. The van der Waals surface area contributed by atoms with E-state index in [4.69, 9.17) is 9.84 Å². The lowest BCUT2D eigenvalue weighted by Gasteiger charge is -1.99. The Morgan fingerprint density at radius 2 is 2.50 bits per heavy atom. The first-order chi connectivity index (χ1) is 5.88. The van der Waals surface area contributed by atoms with Gasteiger partial charge in [0.1, 0.15) is 0 Å². The second-order valence-electron chi connectivity index (χ2n) is 1.96. The Kier molecular flexibility index (Phi) is 3.98. The van der Waals surface area contributed by atoms with Crippen LogP contribution < -0.4 is 0 Å². The normalized spacial score (nSPS) is 10.5. The van der Waals surface area contributed by atoms with Crippen LogP contribution in [0.15, 0.2) is 5.16 Å². The first kappa shape index (κ1) is 9.43. The third kappa shape index (κ3) is 2.43. The molecule has 0 aliphatic rings. The maximum atomic E-state index is 8.63. The molecule has 0 unspecified atom stereocenters. The van der Waals surface area contributed by atoms with Crippen LogP contribution in [0.4, 0.5) is 0 Å². The molecule has 0 aliphatic carbocycles. The zero-order valence-corrected chi connectivity index (χ0v) is 7.49. The molecule has 1 aromatic heterocycles. The number of methoxy groups -OCH3 is 1. The van der Waals surface area contributed by atoms with Gasteiger partial charge in [0.25, 0.3) is 0 Å². The topological polar surface area (TPSA) is 73.1 Å². The van der Waals surface area contributed by atoms with Crippen molar-refractivity contribution in [2.75, 3.05) is 19.7 Å². The molecule has 0 aromatic carbocycles. The highest BCUT2D eigenvalue weighted by molar-refractivity contribution is 7.99. The number of nitrogens with zero attached hydrogens (tertiary/aromatic N) is 4. The standard InChI is InChI=1S/C5H10N4O2S/c1-11-4-12-5-6-7-8-9(5)2-3-10/h10H,2-4H2,1H3. The number of hydrogen-bond acceptors (Lipinski definition) is 6. The predicted molar refractivity (Wildman–Crippen MR) is 42.6 cm³/mol. The van der Waals surface area contributed by atoms with Gasteiger partial charge in [0.2, 0.25) is 5.16 Å². The van der Waals surface area contributed by atoms with Crippen molar-refractivity contribution in [2.24, 2.45) is 0 Å². The molecule has 0 amide bonds. The molecule has 1 heterocycles. The maximum Gasteiger partial charge on any atom is 0.211 e. The van der Waals surface area contributed by atoms with Crippen LogP contribution in [-0.4, -0.2) is 45.0 Å². The summed E-state index contributed by atoms with van der Waals surface area (Å²) in [5, 5.41) is 20.2. The summed E-state index contributed by atoms with van der Waals surface area (Å²) >= 11 is 1.39. The van der Waals surface area contributed by atoms with E-state index in [2.05, 4.69) is 15.5 Å². The Balaban J connectivity index is 2.51. The third-order valence-corrected chi connectivity index (χ3v) is 2.02. The number of aromatic nitrogens is 4. The number of ether oxygens (including phenoxy) is 1. The molecule has 12 heavy (non-hydrogen) atoms. The van der Waals surface area contributed by atoms with Crippen molar-refractivity contribution < 1.29 is 9.84 Å². The molecule has 6 nitrogen and oxygen atoms in total. The summed E-state index contributed by atoms with van der Waals surface area (Å²) in [4.78, 5) is 0. The first-order valence-electron chi connectivity index (χ1n) is 3.37. The van der Waals surface area contributed by atoms with Gasteiger partial charge in [-0.3, -0.25) is 0 Å². The van der Waals surface area contributed by atoms with Crippen molar-refractivity contribution in [3.8, 4) is 0 Å². The molecule has 1 aromatic rings. The van der Waals surface area contributed by atoms with Crippen LogP contribution >= 0.6 is 11.8 Å². The molecule has 0 saturated heterocycles. The molecule has 0 bridgehead atoms. The second kappa shape index (κ2) is 5.07. The number of tetrazole rings is 1. The first-order valence-corrected chi connectivity index (χ1v) is 4.35. The van der Waals surface area contributed by atoms with Crippen molar-refractivity contribution in [3.05, 3.63) is 0 Å². The van der Waals surface area contributed by atoms with Gasteiger partial charge in [0.05, 0.1) is 19.1 Å². The molecule has 0 fully saturated rings. The number of rotatable bonds is 5. The zero-order chi connectivity index (χ0) is 8.81. The van der Waals surface area contributed by atoms with Crippen molar-refractivity contribution >= 4 is 11.8 Å². The van der Waals surface area contributed by atoms with Crippen LogP contribution in [0.25, 0.3) is 0 Å². The van der Waals surface area contributed by atoms with Gasteiger partial charge in [-0.1, -0.05) is 11.8 Å². The molecular weight excluding hydrogens is 180 g/mol. The minimum atomic E-state index is 0.0333. The summed E-state index contributed by atoms with van der Waals surface area (Å²) in [6, 6.07) is 0. The van der Waals surface area contributed by atoms with Gasteiger partial charge in [-0.15, -0.1) is 5.10 Å². The van der Waals surface area contributed by atoms with Gasteiger partial charge in [0.15, 0.2) is 0 Å². The van der Waals surface area contributed by atoms with Crippen molar-refractivity contribution in [3.63, 3.8) is 0 Å². The van der Waals surface area contributed by atoms with Crippen LogP contribution in [-0.2, 0) is 11.3 Å². The smallest absolute Gasteiger partial charge is 0.211 e. The lowest BCUT2D eigenvalue weighted by Crippen LogP contribution is -2.05. The monoisotopic (exact) mass is 190 g/mol. The van der Waals surface area contributed by atoms with E-state index < -0.39 is 0 Å². The van der Waals surface area contributed by atoms with E-state index in [1.54, 1.807) is 7.11 Å². The molecule has 0 saturated carbocycles. The fourth-order valence-electron chi connectivity index (χ4n) is 0.647. The summed E-state index contributed by atoms with van der Waals surface area (Å²) in [6.45, 7) is 0.449. The van der Waals surface area contributed by atoms with Gasteiger partial charge < -0.3 is 9.84 Å². The minimum absolute atomic E-state index is 0.0333. The highest BCUT2D eigenvalue weighted by atomic mass is 32.2. The van der Waals surface area contributed by atoms with E-state index in [0.29, 0.717) is 17.6 Å². The van der Waals surface area contributed by atoms with E-state index in [9.17, 15) is 0 Å². The Morgan fingerprint density at radius 1 is 1.67 bits per heavy atom. The third-order valence-electron chi connectivity index (χ3n) is 1.12. The zero-order valence-electron chi connectivity index (χ0n) is 6.67. The van der Waals surface area contributed by atoms with Crippen LogP contribution in [0.5, 0.6) is 0 Å². The molecule has 1 N–H and O–H groups in total. The van der Waals surface area contributed by atoms with Crippen LogP contribution in [0.2, 0.25) is 0 Å². The lowest BCUT2D eigenvalue weighted by atomic mass is 10.7. The van der Waals surface area contributed by atoms with Gasteiger partial charge in [-0.2, -0.15) is 0 Å². The number of thioether (sulfide) groups is 1. The average molecular weight is 190 g/mol. The fraction of sp³-hybridized carbons (Fsp3) is 0.800. The van der Waals surface area contributed by atoms with Crippen LogP contribution in [0, 0.1) is 0 Å². The largest absolute Gasteiger partial charge is 0.394 e. The van der Waals surface area contributed by atoms with E-state index in [0.717, 1.165) is 0 Å². The van der Waals surface area contributed by atoms with E-state index >= 15 is 0 Å². The highest BCUT2D eigenvalue weighted by Crippen LogP contribution is 2.12. The Hall–Kier alpha value is -0.660. The molecule has 0 spiro atoms. The van der Waals surface area contributed by atoms with Crippen molar-refractivity contribution in [2.45, 2.75) is 11.7 Å². The van der Waals surface area contributed by atoms with Gasteiger partial charge in [-0.05, 0) is 10.4 Å². The van der Waals surface area contributed by atoms with E-state index in [-0.39, 0.29) is 6.61 Å². The lowest BCUT2D eigenvalue weighted by molar-refractivity contribution is 0.255.